The van der Waals surface area contributed by atoms with E-state index in [1.54, 1.807) is 0 Å². The fraction of sp³-hybridized carbons (Fsp3) is 0.962. The highest BCUT2D eigenvalue weighted by molar-refractivity contribution is 8.30. The van der Waals surface area contributed by atoms with Crippen LogP contribution in [0.3, 0.4) is 0 Å². The molecule has 18 heteroatoms. The molecule has 0 fully saturated rings. The lowest BCUT2D eigenvalue weighted by atomic mass is 9.91. The van der Waals surface area contributed by atoms with Crippen molar-refractivity contribution in [2.24, 2.45) is 0 Å². The van der Waals surface area contributed by atoms with Crippen molar-refractivity contribution in [3.8, 4) is 0 Å². The first-order valence-electron chi connectivity index (χ1n) is 14.1. The minimum Gasteiger partial charge on any atom is -0.411 e. The smallest absolute Gasteiger partial charge is 0.411 e. The lowest BCUT2D eigenvalue weighted by molar-refractivity contribution is -0.450. The summed E-state index contributed by atoms with van der Waals surface area (Å²) in [6, 6.07) is 0. The quantitative estimate of drug-likeness (QED) is 0.0830. The van der Waals surface area contributed by atoms with Crippen molar-refractivity contribution >= 4 is 16.3 Å². The molecule has 0 saturated carbocycles. The maximum absolute atomic E-state index is 14.7. The van der Waals surface area contributed by atoms with Crippen LogP contribution in [0.4, 0.5) is 65.9 Å². The van der Waals surface area contributed by atoms with Crippen LogP contribution in [0.25, 0.3) is 0 Å². The van der Waals surface area contributed by atoms with E-state index in [4.69, 9.17) is 4.18 Å². The number of hydrogen-bond acceptors (Lipinski definition) is 2. The van der Waals surface area contributed by atoms with Crippen molar-refractivity contribution in [2.75, 3.05) is 17.3 Å². The Morgan fingerprint density at radius 3 is 1.05 bits per heavy atom. The van der Waals surface area contributed by atoms with Crippen molar-refractivity contribution in [1.29, 1.82) is 0 Å². The highest BCUT2D eigenvalue weighted by Gasteiger charge is 2.94. The summed E-state index contributed by atoms with van der Waals surface area (Å²) < 4.78 is 210. The monoisotopic (exact) mass is 700 g/mol. The Balaban J connectivity index is 6.68. The Morgan fingerprint density at radius 1 is 0.455 bits per heavy atom. The van der Waals surface area contributed by atoms with E-state index in [1.165, 1.54) is 0 Å². The summed E-state index contributed by atoms with van der Waals surface area (Å²) in [7, 11) is -3.14. The molecule has 0 unspecified atom stereocenters. The third kappa shape index (κ3) is 8.97. The van der Waals surface area contributed by atoms with Crippen LogP contribution in [0.5, 0.6) is 0 Å². The van der Waals surface area contributed by atoms with Crippen LogP contribution in [0.1, 0.15) is 97.8 Å². The first kappa shape index (κ1) is 42.8. The Kier molecular flexibility index (Phi) is 15.6. The molecule has 0 N–H and O–H groups in total. The second-order valence-corrected chi connectivity index (χ2v) is 13.9. The molecule has 266 valence electrons. The van der Waals surface area contributed by atoms with Crippen LogP contribution in [0.15, 0.2) is 0 Å². The molecular weight excluding hydrogens is 661 g/mol. The zero-order valence-electron chi connectivity index (χ0n) is 24.5. The van der Waals surface area contributed by atoms with Crippen molar-refractivity contribution in [3.05, 3.63) is 0 Å². The van der Waals surface area contributed by atoms with Crippen molar-refractivity contribution in [2.45, 2.75) is 140 Å². The molecular formula is C26H39F15O2S. The highest BCUT2D eigenvalue weighted by Crippen LogP contribution is 2.63. The van der Waals surface area contributed by atoms with Gasteiger partial charge in [-0.3, -0.25) is 0 Å². The van der Waals surface area contributed by atoms with Crippen LogP contribution in [-0.4, -0.2) is 64.9 Å². The average molecular weight is 701 g/mol. The van der Waals surface area contributed by atoms with Gasteiger partial charge in [0.15, 0.2) is 0 Å². The lowest BCUT2D eigenvalue weighted by Gasteiger charge is -2.43. The molecule has 0 saturated heterocycles. The first-order chi connectivity index (χ1) is 19.8. The van der Waals surface area contributed by atoms with Gasteiger partial charge in [-0.15, -0.1) is 0 Å². The van der Waals surface area contributed by atoms with E-state index in [0.717, 1.165) is 0 Å². The van der Waals surface area contributed by atoms with Gasteiger partial charge in [0.1, 0.15) is 0 Å². The van der Waals surface area contributed by atoms with Crippen LogP contribution in [0.2, 0.25) is 0 Å². The van der Waals surface area contributed by atoms with Gasteiger partial charge in [0.05, 0.1) is 0 Å². The molecule has 0 aromatic carbocycles. The Morgan fingerprint density at radius 2 is 0.750 bits per heavy atom. The van der Waals surface area contributed by atoms with E-state index in [1.807, 2.05) is 20.8 Å². The SMILES string of the molecule is CCCCCCS(CCCCCC)(CCCCCC)OC(=O)C(F)(F)C(F)(F)C(F)(F)C(F)(F)C(F)(F)C(F)(F)C(F)(F)F. The first-order valence-corrected chi connectivity index (χ1v) is 16.2. The molecule has 44 heavy (non-hydrogen) atoms. The molecule has 0 radical (unpaired) electrons. The molecule has 0 bridgehead atoms. The standard InChI is InChI=1S/C26H39F15O2S/c1-4-7-10-13-16-44(17-14-11-8-5-2,18-15-12-9-6-3)43-19(42)20(27,28)21(29,30)22(31,32)23(33,34)24(35,36)25(37,38)26(39,40)41/h4-18H2,1-3H3. The van der Waals surface area contributed by atoms with Crippen LogP contribution in [-0.2, 0) is 8.98 Å². The maximum atomic E-state index is 14.7. The molecule has 0 aliphatic rings. The molecule has 0 spiro atoms. The number of unbranched alkanes of at least 4 members (excludes halogenated alkanes) is 9. The van der Waals surface area contributed by atoms with Gasteiger partial charge in [0, 0.05) is 17.3 Å². The number of rotatable bonds is 22. The van der Waals surface area contributed by atoms with E-state index < -0.39 is 58.0 Å². The van der Waals surface area contributed by atoms with E-state index in [2.05, 4.69) is 0 Å². The lowest BCUT2D eigenvalue weighted by Crippen LogP contribution is -2.73. The van der Waals surface area contributed by atoms with Crippen molar-refractivity contribution in [1.82, 2.24) is 0 Å². The normalized spacial score (nSPS) is 15.0. The predicted octanol–water partition coefficient (Wildman–Crippen LogP) is 11.4. The van der Waals surface area contributed by atoms with Crippen molar-refractivity contribution < 1.29 is 74.8 Å². The minimum absolute atomic E-state index is 0.166. The van der Waals surface area contributed by atoms with Crippen LogP contribution < -0.4 is 0 Å². The predicted molar refractivity (Wildman–Crippen MR) is 136 cm³/mol. The largest absolute Gasteiger partial charge is 0.460 e. The summed E-state index contributed by atoms with van der Waals surface area (Å²) in [5.41, 5.74) is 0. The minimum atomic E-state index is -8.45. The van der Waals surface area contributed by atoms with Gasteiger partial charge < -0.3 is 4.18 Å². The Labute approximate surface area is 248 Å². The topological polar surface area (TPSA) is 26.3 Å². The second-order valence-electron chi connectivity index (χ2n) is 10.6. The van der Waals surface area contributed by atoms with Crippen LogP contribution >= 0.6 is 10.3 Å². The van der Waals surface area contributed by atoms with Gasteiger partial charge >= 0.3 is 47.7 Å². The third-order valence-electron chi connectivity index (χ3n) is 6.95. The molecule has 0 aliphatic heterocycles. The second kappa shape index (κ2) is 16.1. The Hall–Kier alpha value is -1.23. The fourth-order valence-electron chi connectivity index (χ4n) is 4.11. The molecule has 0 aliphatic carbocycles. The summed E-state index contributed by atoms with van der Waals surface area (Å²) >= 11 is 0. The molecule has 0 rings (SSSR count). The molecule has 0 amide bonds. The zero-order valence-corrected chi connectivity index (χ0v) is 25.3. The summed E-state index contributed by atoms with van der Waals surface area (Å²) in [5.74, 6) is -52.2. The van der Waals surface area contributed by atoms with E-state index in [9.17, 15) is 70.7 Å². The van der Waals surface area contributed by atoms with Crippen molar-refractivity contribution in [3.63, 3.8) is 0 Å². The van der Waals surface area contributed by atoms with Gasteiger partial charge in [-0.2, -0.15) is 65.9 Å². The Bertz CT molecular complexity index is 845. The number of alkyl halides is 15. The van der Waals surface area contributed by atoms with Gasteiger partial charge in [-0.25, -0.2) is 4.79 Å². The fourth-order valence-corrected chi connectivity index (χ4v) is 7.59. The molecule has 0 heterocycles. The number of halogens is 15. The van der Waals surface area contributed by atoms with Crippen LogP contribution in [0, 0.1) is 0 Å². The zero-order chi connectivity index (χ0) is 34.9. The number of hydrogen-bond donors (Lipinski definition) is 0. The summed E-state index contributed by atoms with van der Waals surface area (Å²) in [6.45, 7) is 5.42. The number of carbonyl (C=O) groups is 1. The average Bonchev–Trinajstić information content (AvgIpc) is 2.90. The summed E-state index contributed by atoms with van der Waals surface area (Å²) in [6.07, 6.45) is -1.85. The van der Waals surface area contributed by atoms with E-state index >= 15 is 0 Å². The summed E-state index contributed by atoms with van der Waals surface area (Å²) in [5, 5.41) is 0. The van der Waals surface area contributed by atoms with Gasteiger partial charge in [-0.1, -0.05) is 88.9 Å². The van der Waals surface area contributed by atoms with E-state index in [0.29, 0.717) is 57.8 Å². The van der Waals surface area contributed by atoms with Gasteiger partial charge in [-0.05, 0) is 19.3 Å². The molecule has 2 nitrogen and oxygen atoms in total. The van der Waals surface area contributed by atoms with E-state index in [-0.39, 0.29) is 36.5 Å². The molecule has 0 aromatic heterocycles. The van der Waals surface area contributed by atoms with Gasteiger partial charge in [0.25, 0.3) is 0 Å². The maximum Gasteiger partial charge on any atom is 0.460 e. The number of carbonyl (C=O) groups excluding carboxylic acids is 1. The molecule has 0 atom stereocenters. The molecule has 0 aromatic rings. The summed E-state index contributed by atoms with van der Waals surface area (Å²) in [4.78, 5) is 12.4. The highest BCUT2D eigenvalue weighted by atomic mass is 32.3. The van der Waals surface area contributed by atoms with Gasteiger partial charge in [0.2, 0.25) is 0 Å². The third-order valence-corrected chi connectivity index (χ3v) is 10.5.